The van der Waals surface area contributed by atoms with E-state index in [1.165, 1.54) is 6.20 Å². The summed E-state index contributed by atoms with van der Waals surface area (Å²) in [5.41, 5.74) is 6.28. The second kappa shape index (κ2) is 6.29. The van der Waals surface area contributed by atoms with Crippen LogP contribution in [0.4, 0.5) is 5.69 Å². The molecule has 4 nitrogen and oxygen atoms in total. The molecule has 1 aromatic rings. The molecule has 1 heterocycles. The van der Waals surface area contributed by atoms with Crippen molar-refractivity contribution >= 4 is 23.4 Å². The molecule has 0 saturated carbocycles. The van der Waals surface area contributed by atoms with E-state index in [1.807, 2.05) is 0 Å². The predicted molar refractivity (Wildman–Crippen MR) is 61.9 cm³/mol. The van der Waals surface area contributed by atoms with Crippen molar-refractivity contribution in [3.63, 3.8) is 0 Å². The van der Waals surface area contributed by atoms with Gasteiger partial charge in [0.25, 0.3) is 0 Å². The summed E-state index contributed by atoms with van der Waals surface area (Å²) in [7, 11) is 0. The number of hydrogen-bond donors (Lipinski definition) is 1. The maximum absolute atomic E-state index is 11.4. The van der Waals surface area contributed by atoms with Crippen molar-refractivity contribution in [2.45, 2.75) is 6.92 Å². The first kappa shape index (κ1) is 11.8. The first-order valence-corrected chi connectivity index (χ1v) is 5.86. The molecular weight excluding hydrogens is 212 g/mol. The van der Waals surface area contributed by atoms with Gasteiger partial charge in [-0.3, -0.25) is 0 Å². The maximum Gasteiger partial charge on any atom is 0.356 e. The molecule has 15 heavy (non-hydrogen) atoms. The van der Waals surface area contributed by atoms with Gasteiger partial charge >= 0.3 is 5.97 Å². The minimum atomic E-state index is -0.397. The van der Waals surface area contributed by atoms with Crippen LogP contribution in [0.25, 0.3) is 0 Å². The molecule has 5 heteroatoms. The highest BCUT2D eigenvalue weighted by atomic mass is 32.2. The Morgan fingerprint density at radius 2 is 2.40 bits per heavy atom. The minimum absolute atomic E-state index is 0.297. The van der Waals surface area contributed by atoms with Gasteiger partial charge < -0.3 is 10.5 Å². The van der Waals surface area contributed by atoms with Crippen LogP contribution in [0.2, 0.25) is 0 Å². The van der Waals surface area contributed by atoms with Crippen molar-refractivity contribution in [3.05, 3.63) is 24.0 Å². The number of nitrogens with zero attached hydrogens (tertiary/aromatic N) is 1. The Morgan fingerprint density at radius 3 is 3.00 bits per heavy atom. The van der Waals surface area contributed by atoms with E-state index >= 15 is 0 Å². The van der Waals surface area contributed by atoms with E-state index in [4.69, 9.17) is 10.5 Å². The highest BCUT2D eigenvalue weighted by molar-refractivity contribution is 7.99. The number of rotatable bonds is 5. The molecule has 0 aliphatic carbocycles. The number of esters is 1. The van der Waals surface area contributed by atoms with Crippen LogP contribution in [0.1, 0.15) is 17.4 Å². The van der Waals surface area contributed by atoms with Crippen molar-refractivity contribution in [1.82, 2.24) is 4.98 Å². The number of pyridine rings is 1. The van der Waals surface area contributed by atoms with E-state index in [0.717, 1.165) is 11.5 Å². The zero-order valence-corrected chi connectivity index (χ0v) is 9.42. The first-order chi connectivity index (χ1) is 7.24. The fraction of sp³-hybridized carbons (Fsp3) is 0.400. The molecule has 0 aromatic carbocycles. The number of carbonyl (C=O) groups is 1. The molecule has 0 atom stereocenters. The standard InChI is InChI=1S/C10H14N2O2S/c1-2-15-6-5-14-10(13)9-4-3-8(11)7-12-9/h3-4,7H,2,5-6,11H2,1H3. The van der Waals surface area contributed by atoms with Crippen molar-refractivity contribution in [2.24, 2.45) is 0 Å². The van der Waals surface area contributed by atoms with Crippen molar-refractivity contribution < 1.29 is 9.53 Å². The summed E-state index contributed by atoms with van der Waals surface area (Å²) in [5, 5.41) is 0. The molecular formula is C10H14N2O2S. The minimum Gasteiger partial charge on any atom is -0.460 e. The number of carbonyl (C=O) groups excluding carboxylic acids is 1. The second-order valence-electron chi connectivity index (χ2n) is 2.81. The molecule has 0 fully saturated rings. The smallest absolute Gasteiger partial charge is 0.356 e. The molecule has 2 N–H and O–H groups in total. The Balaban J connectivity index is 2.37. The van der Waals surface area contributed by atoms with Gasteiger partial charge in [0.05, 0.1) is 11.9 Å². The Hall–Kier alpha value is -1.23. The lowest BCUT2D eigenvalue weighted by atomic mass is 10.3. The highest BCUT2D eigenvalue weighted by Gasteiger charge is 2.07. The van der Waals surface area contributed by atoms with Crippen molar-refractivity contribution in [1.29, 1.82) is 0 Å². The average molecular weight is 226 g/mol. The van der Waals surface area contributed by atoms with Crippen LogP contribution in [0.3, 0.4) is 0 Å². The Kier molecular flexibility index (Phi) is 4.97. The molecule has 0 spiro atoms. The van der Waals surface area contributed by atoms with Gasteiger partial charge in [0.2, 0.25) is 0 Å². The zero-order valence-electron chi connectivity index (χ0n) is 8.60. The van der Waals surface area contributed by atoms with Gasteiger partial charge in [-0.1, -0.05) is 6.92 Å². The Morgan fingerprint density at radius 1 is 1.60 bits per heavy atom. The van der Waals surface area contributed by atoms with Crippen LogP contribution in [-0.2, 0) is 4.74 Å². The molecule has 0 saturated heterocycles. The number of nitrogens with two attached hydrogens (primary N) is 1. The summed E-state index contributed by atoms with van der Waals surface area (Å²) < 4.78 is 5.01. The number of thioether (sulfide) groups is 1. The third kappa shape index (κ3) is 4.20. The number of ether oxygens (including phenoxy) is 1. The summed E-state index contributed by atoms with van der Waals surface area (Å²) in [6, 6.07) is 3.19. The van der Waals surface area contributed by atoms with Crippen LogP contribution in [-0.4, -0.2) is 29.1 Å². The Labute approximate surface area is 93.2 Å². The van der Waals surface area contributed by atoms with Gasteiger partial charge in [0.1, 0.15) is 12.3 Å². The molecule has 0 aliphatic heterocycles. The van der Waals surface area contributed by atoms with Crippen LogP contribution in [0, 0.1) is 0 Å². The number of aromatic nitrogens is 1. The SMILES string of the molecule is CCSCCOC(=O)c1ccc(N)cn1. The molecule has 82 valence electrons. The summed E-state index contributed by atoms with van der Waals surface area (Å²) in [6.45, 7) is 2.48. The predicted octanol–water partition coefficient (Wildman–Crippen LogP) is 1.57. The summed E-state index contributed by atoms with van der Waals surface area (Å²) >= 11 is 1.73. The van der Waals surface area contributed by atoms with Crippen LogP contribution < -0.4 is 5.73 Å². The van der Waals surface area contributed by atoms with Gasteiger partial charge in [-0.25, -0.2) is 9.78 Å². The molecule has 1 rings (SSSR count). The van der Waals surface area contributed by atoms with Gasteiger partial charge in [-0.05, 0) is 17.9 Å². The second-order valence-corrected chi connectivity index (χ2v) is 4.20. The zero-order chi connectivity index (χ0) is 11.1. The van der Waals surface area contributed by atoms with E-state index in [2.05, 4.69) is 11.9 Å². The lowest BCUT2D eigenvalue weighted by molar-refractivity contribution is 0.0523. The van der Waals surface area contributed by atoms with E-state index in [9.17, 15) is 4.79 Å². The number of anilines is 1. The maximum atomic E-state index is 11.4. The van der Waals surface area contributed by atoms with Crippen LogP contribution >= 0.6 is 11.8 Å². The quantitative estimate of drug-likeness (QED) is 0.610. The molecule has 0 radical (unpaired) electrons. The lowest BCUT2D eigenvalue weighted by Crippen LogP contribution is -2.09. The average Bonchev–Trinajstić information content (AvgIpc) is 2.25. The van der Waals surface area contributed by atoms with E-state index in [0.29, 0.717) is 18.0 Å². The van der Waals surface area contributed by atoms with Crippen molar-refractivity contribution in [3.8, 4) is 0 Å². The van der Waals surface area contributed by atoms with E-state index < -0.39 is 5.97 Å². The molecule has 0 amide bonds. The van der Waals surface area contributed by atoms with Gasteiger partial charge in [-0.15, -0.1) is 0 Å². The van der Waals surface area contributed by atoms with Gasteiger partial charge in [-0.2, -0.15) is 11.8 Å². The third-order valence-corrected chi connectivity index (χ3v) is 2.52. The normalized spacial score (nSPS) is 9.93. The van der Waals surface area contributed by atoms with E-state index in [-0.39, 0.29) is 0 Å². The topological polar surface area (TPSA) is 65.2 Å². The number of hydrogen-bond acceptors (Lipinski definition) is 5. The summed E-state index contributed by atoms with van der Waals surface area (Å²) in [5.74, 6) is 1.45. The van der Waals surface area contributed by atoms with Crippen molar-refractivity contribution in [2.75, 3.05) is 23.8 Å². The molecule has 0 aliphatic rings. The molecule has 0 unspecified atom stereocenters. The number of nitrogen functional groups attached to an aromatic ring is 1. The third-order valence-electron chi connectivity index (χ3n) is 1.66. The van der Waals surface area contributed by atoms with Crippen LogP contribution in [0.5, 0.6) is 0 Å². The van der Waals surface area contributed by atoms with Crippen LogP contribution in [0.15, 0.2) is 18.3 Å². The lowest BCUT2D eigenvalue weighted by Gasteiger charge is -2.03. The van der Waals surface area contributed by atoms with Gasteiger partial charge in [0.15, 0.2) is 0 Å². The van der Waals surface area contributed by atoms with Gasteiger partial charge in [0, 0.05) is 5.75 Å². The highest BCUT2D eigenvalue weighted by Crippen LogP contribution is 2.04. The molecule has 1 aromatic heterocycles. The monoisotopic (exact) mass is 226 g/mol. The van der Waals surface area contributed by atoms with E-state index in [1.54, 1.807) is 23.9 Å². The summed E-state index contributed by atoms with van der Waals surface area (Å²) in [6.07, 6.45) is 1.44. The summed E-state index contributed by atoms with van der Waals surface area (Å²) in [4.78, 5) is 15.3. The molecule has 0 bridgehead atoms. The Bertz CT molecular complexity index is 314. The largest absolute Gasteiger partial charge is 0.460 e. The fourth-order valence-corrected chi connectivity index (χ4v) is 1.43. The fourth-order valence-electron chi connectivity index (χ4n) is 0.938. The first-order valence-electron chi connectivity index (χ1n) is 4.70.